The molecule has 0 N–H and O–H groups in total. The van der Waals surface area contributed by atoms with Crippen LogP contribution in [0.25, 0.3) is 0 Å². The number of methoxy groups -OCH3 is 1. The van der Waals surface area contributed by atoms with Crippen LogP contribution in [0.4, 0.5) is 14.5 Å². The molecule has 0 bridgehead atoms. The maximum Gasteiger partial charge on any atom is 0.126 e. The topological polar surface area (TPSA) is 19.0 Å². The lowest BCUT2D eigenvalue weighted by Crippen LogP contribution is -2.55. The highest BCUT2D eigenvalue weighted by Crippen LogP contribution is 2.25. The molecular weight excluding hydrogens is 372 g/mol. The van der Waals surface area contributed by atoms with Gasteiger partial charge in [0.1, 0.15) is 17.4 Å². The van der Waals surface area contributed by atoms with Crippen molar-refractivity contribution in [3.8, 4) is 5.75 Å². The number of piperazine rings is 1. The van der Waals surface area contributed by atoms with Crippen molar-refractivity contribution in [2.75, 3.05) is 51.3 Å². The second-order valence-electron chi connectivity index (χ2n) is 7.99. The standard InChI is InChI=1S/C23H29F2N3O/c1-29-23-15-20(25)5-4-18(23)16-26-10-2-3-22(17-26)28-13-11-27(12-14-28)21-8-6-19(24)7-9-21/h4-9,15,22H,2-3,10-14,16-17H2,1H3. The summed E-state index contributed by atoms with van der Waals surface area (Å²) in [5.41, 5.74) is 2.13. The highest BCUT2D eigenvalue weighted by atomic mass is 19.1. The van der Waals surface area contributed by atoms with Gasteiger partial charge in [0.05, 0.1) is 7.11 Å². The number of halogens is 2. The third-order valence-corrected chi connectivity index (χ3v) is 6.15. The normalized spacial score (nSPS) is 21.3. The summed E-state index contributed by atoms with van der Waals surface area (Å²) < 4.78 is 32.0. The van der Waals surface area contributed by atoms with Gasteiger partial charge in [-0.1, -0.05) is 6.07 Å². The number of piperidine rings is 1. The first-order chi connectivity index (χ1) is 14.1. The summed E-state index contributed by atoms with van der Waals surface area (Å²) in [4.78, 5) is 7.38. The fraction of sp³-hybridized carbons (Fsp3) is 0.478. The highest BCUT2D eigenvalue weighted by molar-refractivity contribution is 5.46. The van der Waals surface area contributed by atoms with E-state index in [4.69, 9.17) is 4.74 Å². The van der Waals surface area contributed by atoms with Crippen molar-refractivity contribution < 1.29 is 13.5 Å². The van der Waals surface area contributed by atoms with E-state index in [9.17, 15) is 8.78 Å². The van der Waals surface area contributed by atoms with Crippen LogP contribution in [-0.2, 0) is 6.54 Å². The van der Waals surface area contributed by atoms with E-state index < -0.39 is 0 Å². The molecule has 2 fully saturated rings. The van der Waals surface area contributed by atoms with E-state index >= 15 is 0 Å². The Morgan fingerprint density at radius 3 is 2.38 bits per heavy atom. The number of anilines is 1. The van der Waals surface area contributed by atoms with Gasteiger partial charge in [-0.15, -0.1) is 0 Å². The first-order valence-electron chi connectivity index (χ1n) is 10.4. The van der Waals surface area contributed by atoms with Crippen LogP contribution in [0.5, 0.6) is 5.75 Å². The molecule has 156 valence electrons. The molecule has 6 heteroatoms. The maximum absolute atomic E-state index is 13.5. The van der Waals surface area contributed by atoms with Gasteiger partial charge < -0.3 is 9.64 Å². The molecule has 2 aromatic rings. The molecule has 0 spiro atoms. The van der Waals surface area contributed by atoms with E-state index in [2.05, 4.69) is 14.7 Å². The molecule has 2 aliphatic rings. The van der Waals surface area contributed by atoms with E-state index in [0.717, 1.165) is 57.1 Å². The van der Waals surface area contributed by atoms with Gasteiger partial charge in [-0.2, -0.15) is 0 Å². The molecular formula is C23H29F2N3O. The summed E-state index contributed by atoms with van der Waals surface area (Å²) in [5, 5.41) is 0. The number of hydrogen-bond donors (Lipinski definition) is 0. The predicted octanol–water partition coefficient (Wildman–Crippen LogP) is 3.76. The van der Waals surface area contributed by atoms with Crippen LogP contribution < -0.4 is 9.64 Å². The monoisotopic (exact) mass is 401 g/mol. The number of nitrogens with zero attached hydrogens (tertiary/aromatic N) is 3. The summed E-state index contributed by atoms with van der Waals surface area (Å²) >= 11 is 0. The lowest BCUT2D eigenvalue weighted by atomic mass is 10.0. The van der Waals surface area contributed by atoms with Crippen molar-refractivity contribution in [1.82, 2.24) is 9.80 Å². The molecule has 0 amide bonds. The molecule has 0 aliphatic carbocycles. The Bertz CT molecular complexity index is 806. The highest BCUT2D eigenvalue weighted by Gasteiger charge is 2.28. The van der Waals surface area contributed by atoms with Crippen molar-refractivity contribution in [1.29, 1.82) is 0 Å². The van der Waals surface area contributed by atoms with Crippen molar-refractivity contribution in [2.45, 2.75) is 25.4 Å². The van der Waals surface area contributed by atoms with Crippen LogP contribution in [0.15, 0.2) is 42.5 Å². The largest absolute Gasteiger partial charge is 0.496 e. The lowest BCUT2D eigenvalue weighted by Gasteiger charge is -2.44. The van der Waals surface area contributed by atoms with Crippen molar-refractivity contribution in [2.24, 2.45) is 0 Å². The first-order valence-corrected chi connectivity index (χ1v) is 10.4. The summed E-state index contributed by atoms with van der Waals surface area (Å²) in [6.45, 7) is 6.85. The van der Waals surface area contributed by atoms with E-state index in [0.29, 0.717) is 11.8 Å². The fourth-order valence-electron chi connectivity index (χ4n) is 4.56. The Labute approximate surface area is 171 Å². The summed E-state index contributed by atoms with van der Waals surface area (Å²) in [5.74, 6) is 0.175. The lowest BCUT2D eigenvalue weighted by molar-refractivity contribution is 0.0883. The van der Waals surface area contributed by atoms with Gasteiger partial charge in [0.25, 0.3) is 0 Å². The molecule has 2 aromatic carbocycles. The molecule has 0 radical (unpaired) electrons. The third-order valence-electron chi connectivity index (χ3n) is 6.15. The Morgan fingerprint density at radius 1 is 0.931 bits per heavy atom. The number of rotatable bonds is 5. The Balaban J connectivity index is 1.33. The molecule has 4 nitrogen and oxygen atoms in total. The van der Waals surface area contributed by atoms with E-state index in [1.807, 2.05) is 18.2 Å². The zero-order valence-corrected chi connectivity index (χ0v) is 17.0. The first kappa shape index (κ1) is 20.1. The van der Waals surface area contributed by atoms with Gasteiger partial charge in [0.15, 0.2) is 0 Å². The quantitative estimate of drug-likeness (QED) is 0.759. The zero-order chi connectivity index (χ0) is 20.2. The van der Waals surface area contributed by atoms with Gasteiger partial charge in [0, 0.05) is 62.6 Å². The van der Waals surface area contributed by atoms with E-state index in [-0.39, 0.29) is 11.6 Å². The maximum atomic E-state index is 13.5. The molecule has 29 heavy (non-hydrogen) atoms. The third kappa shape index (κ3) is 4.87. The molecule has 2 aliphatic heterocycles. The molecule has 0 saturated carbocycles. The average Bonchev–Trinajstić information content (AvgIpc) is 2.76. The molecule has 1 atom stereocenters. The Kier molecular flexibility index (Phi) is 6.31. The van der Waals surface area contributed by atoms with Crippen LogP contribution in [0.3, 0.4) is 0 Å². The second-order valence-corrected chi connectivity index (χ2v) is 7.99. The van der Waals surface area contributed by atoms with E-state index in [1.54, 1.807) is 7.11 Å². The second kappa shape index (κ2) is 9.09. The molecule has 2 saturated heterocycles. The van der Waals surface area contributed by atoms with Gasteiger partial charge in [0.2, 0.25) is 0 Å². The summed E-state index contributed by atoms with van der Waals surface area (Å²) in [6.07, 6.45) is 2.39. The Hall–Kier alpha value is -2.18. The minimum absolute atomic E-state index is 0.188. The van der Waals surface area contributed by atoms with Gasteiger partial charge >= 0.3 is 0 Å². The fourth-order valence-corrected chi connectivity index (χ4v) is 4.56. The average molecular weight is 402 g/mol. The van der Waals surface area contributed by atoms with Crippen molar-refractivity contribution in [3.63, 3.8) is 0 Å². The molecule has 2 heterocycles. The van der Waals surface area contributed by atoms with Gasteiger partial charge in [-0.25, -0.2) is 8.78 Å². The molecule has 0 aromatic heterocycles. The minimum Gasteiger partial charge on any atom is -0.496 e. The van der Waals surface area contributed by atoms with Crippen LogP contribution >= 0.6 is 0 Å². The van der Waals surface area contributed by atoms with Crippen LogP contribution in [-0.4, -0.2) is 62.2 Å². The Morgan fingerprint density at radius 2 is 1.66 bits per heavy atom. The van der Waals surface area contributed by atoms with Crippen LogP contribution in [0, 0.1) is 11.6 Å². The van der Waals surface area contributed by atoms with Gasteiger partial charge in [-0.3, -0.25) is 9.80 Å². The SMILES string of the molecule is COc1cc(F)ccc1CN1CCCC(N2CCN(c3ccc(F)cc3)CC2)C1. The molecule has 1 unspecified atom stereocenters. The number of hydrogen-bond acceptors (Lipinski definition) is 4. The minimum atomic E-state index is -0.263. The smallest absolute Gasteiger partial charge is 0.126 e. The number of ether oxygens (including phenoxy) is 1. The van der Waals surface area contributed by atoms with Crippen molar-refractivity contribution >= 4 is 5.69 Å². The van der Waals surface area contributed by atoms with Crippen LogP contribution in [0.1, 0.15) is 18.4 Å². The van der Waals surface area contributed by atoms with Crippen molar-refractivity contribution in [3.05, 3.63) is 59.7 Å². The summed E-state index contributed by atoms with van der Waals surface area (Å²) in [7, 11) is 1.60. The van der Waals surface area contributed by atoms with E-state index in [1.165, 1.54) is 37.1 Å². The van der Waals surface area contributed by atoms with Crippen LogP contribution in [0.2, 0.25) is 0 Å². The summed E-state index contributed by atoms with van der Waals surface area (Å²) in [6, 6.07) is 12.1. The zero-order valence-electron chi connectivity index (χ0n) is 17.0. The predicted molar refractivity (Wildman–Crippen MR) is 111 cm³/mol. The number of likely N-dealkylation sites (tertiary alicyclic amines) is 1. The van der Waals surface area contributed by atoms with Gasteiger partial charge in [-0.05, 0) is 49.7 Å². The molecule has 4 rings (SSSR count). The number of benzene rings is 2.